The maximum atomic E-state index is 13.3. The molecule has 4 heteroatoms. The summed E-state index contributed by atoms with van der Waals surface area (Å²) in [5.74, 6) is -0.494. The highest BCUT2D eigenvalue weighted by Gasteiger charge is 2.05. The first-order chi connectivity index (χ1) is 10.2. The number of nitrogens with zero attached hydrogens (tertiary/aromatic N) is 1. The lowest BCUT2D eigenvalue weighted by Gasteiger charge is -2.08. The summed E-state index contributed by atoms with van der Waals surface area (Å²) in [6.45, 7) is 2.64. The maximum absolute atomic E-state index is 13.3. The number of hydrogen-bond donors (Lipinski definition) is 2. The number of fused-ring (bicyclic) bond motifs is 1. The van der Waals surface area contributed by atoms with Gasteiger partial charge >= 0.3 is 0 Å². The summed E-state index contributed by atoms with van der Waals surface area (Å²) in [4.78, 5) is 3.30. The molecule has 0 saturated carbocycles. The number of hydrogen-bond acceptors (Lipinski definition) is 2. The Hall–Kier alpha value is -2.80. The summed E-state index contributed by atoms with van der Waals surface area (Å²) < 4.78 is 13.3. The molecule has 0 aliphatic rings. The van der Waals surface area contributed by atoms with Gasteiger partial charge in [0.25, 0.3) is 0 Å². The highest BCUT2D eigenvalue weighted by atomic mass is 19.1. The largest absolute Gasteiger partial charge is 0.381 e. The molecule has 21 heavy (non-hydrogen) atoms. The van der Waals surface area contributed by atoms with Gasteiger partial charge in [-0.3, -0.25) is 0 Å². The van der Waals surface area contributed by atoms with Gasteiger partial charge in [0.15, 0.2) is 0 Å². The van der Waals surface area contributed by atoms with Crippen LogP contribution in [0, 0.1) is 24.1 Å². The summed E-state index contributed by atoms with van der Waals surface area (Å²) in [5, 5.41) is 13.3. The van der Waals surface area contributed by atoms with E-state index in [4.69, 9.17) is 5.26 Å². The standard InChI is InChI=1S/C17H14FN3/c1-11-7-15-12(3-2-4-17(15)21-11)10-20-14-5-6-16(18)13(8-14)9-19/h2-8,20-21H,10H2,1H3. The van der Waals surface area contributed by atoms with Crippen molar-refractivity contribution in [2.24, 2.45) is 0 Å². The fourth-order valence-corrected chi connectivity index (χ4v) is 2.43. The Labute approximate surface area is 122 Å². The van der Waals surface area contributed by atoms with Crippen LogP contribution in [0.25, 0.3) is 10.9 Å². The SMILES string of the molecule is Cc1cc2c(CNc3ccc(F)c(C#N)c3)cccc2[nH]1. The minimum absolute atomic E-state index is 0.0516. The summed E-state index contributed by atoms with van der Waals surface area (Å²) in [7, 11) is 0. The Kier molecular flexibility index (Phi) is 3.33. The van der Waals surface area contributed by atoms with Gasteiger partial charge in [0.2, 0.25) is 0 Å². The van der Waals surface area contributed by atoms with Crippen LogP contribution in [0.3, 0.4) is 0 Å². The van der Waals surface area contributed by atoms with Crippen LogP contribution in [0.5, 0.6) is 0 Å². The van der Waals surface area contributed by atoms with Crippen LogP contribution in [-0.2, 0) is 6.54 Å². The van der Waals surface area contributed by atoms with E-state index in [0.29, 0.717) is 6.54 Å². The van der Waals surface area contributed by atoms with Crippen LogP contribution >= 0.6 is 0 Å². The van der Waals surface area contributed by atoms with Crippen molar-refractivity contribution in [1.82, 2.24) is 4.98 Å². The lowest BCUT2D eigenvalue weighted by Crippen LogP contribution is -2.00. The number of aromatic amines is 1. The van der Waals surface area contributed by atoms with Crippen LogP contribution in [0.1, 0.15) is 16.8 Å². The normalized spacial score (nSPS) is 10.5. The molecule has 0 aliphatic carbocycles. The molecule has 0 aliphatic heterocycles. The van der Waals surface area contributed by atoms with E-state index in [0.717, 1.165) is 22.5 Å². The van der Waals surface area contributed by atoms with Crippen LogP contribution in [0.4, 0.5) is 10.1 Å². The zero-order valence-corrected chi connectivity index (χ0v) is 11.6. The molecule has 2 aromatic carbocycles. The minimum Gasteiger partial charge on any atom is -0.381 e. The van der Waals surface area contributed by atoms with Crippen molar-refractivity contribution >= 4 is 16.6 Å². The van der Waals surface area contributed by atoms with Gasteiger partial charge in [0, 0.05) is 28.8 Å². The molecular formula is C17H14FN3. The summed E-state index contributed by atoms with van der Waals surface area (Å²) in [5.41, 5.74) is 4.15. The van der Waals surface area contributed by atoms with Gasteiger partial charge in [-0.1, -0.05) is 12.1 Å². The zero-order valence-electron chi connectivity index (χ0n) is 11.6. The van der Waals surface area contributed by atoms with Crippen LogP contribution in [0.15, 0.2) is 42.5 Å². The van der Waals surface area contributed by atoms with Crippen molar-refractivity contribution in [3.05, 3.63) is 65.1 Å². The van der Waals surface area contributed by atoms with Gasteiger partial charge in [0.1, 0.15) is 11.9 Å². The number of aromatic nitrogens is 1. The van der Waals surface area contributed by atoms with Gasteiger partial charge in [-0.2, -0.15) is 5.26 Å². The van der Waals surface area contributed by atoms with E-state index in [1.807, 2.05) is 25.1 Å². The molecule has 3 aromatic rings. The van der Waals surface area contributed by atoms with E-state index in [9.17, 15) is 4.39 Å². The monoisotopic (exact) mass is 279 g/mol. The van der Waals surface area contributed by atoms with Gasteiger partial charge in [-0.25, -0.2) is 4.39 Å². The average Bonchev–Trinajstić information content (AvgIpc) is 2.87. The van der Waals surface area contributed by atoms with E-state index >= 15 is 0 Å². The number of H-pyrrole nitrogens is 1. The Morgan fingerprint density at radius 1 is 1.24 bits per heavy atom. The van der Waals surface area contributed by atoms with Gasteiger partial charge in [0.05, 0.1) is 5.56 Å². The molecule has 0 saturated heterocycles. The third-order valence-electron chi connectivity index (χ3n) is 3.46. The molecule has 0 atom stereocenters. The third-order valence-corrected chi connectivity index (χ3v) is 3.46. The first-order valence-electron chi connectivity index (χ1n) is 6.68. The molecule has 2 N–H and O–H groups in total. The Morgan fingerprint density at radius 2 is 2.10 bits per heavy atom. The van der Waals surface area contributed by atoms with Crippen molar-refractivity contribution in [3.8, 4) is 6.07 Å². The van der Waals surface area contributed by atoms with Crippen molar-refractivity contribution in [1.29, 1.82) is 5.26 Å². The molecule has 3 rings (SSSR count). The number of aryl methyl sites for hydroxylation is 1. The van der Waals surface area contributed by atoms with E-state index in [-0.39, 0.29) is 5.56 Å². The lowest BCUT2D eigenvalue weighted by atomic mass is 10.1. The van der Waals surface area contributed by atoms with Gasteiger partial charge < -0.3 is 10.3 Å². The van der Waals surface area contributed by atoms with Crippen molar-refractivity contribution in [3.63, 3.8) is 0 Å². The van der Waals surface area contributed by atoms with E-state index in [1.54, 1.807) is 6.07 Å². The van der Waals surface area contributed by atoms with E-state index in [2.05, 4.69) is 22.4 Å². The second-order valence-electron chi connectivity index (χ2n) is 4.99. The second kappa shape index (κ2) is 5.29. The Bertz CT molecular complexity index is 843. The number of nitriles is 1. The molecule has 1 aromatic heterocycles. The number of rotatable bonds is 3. The van der Waals surface area contributed by atoms with E-state index < -0.39 is 5.82 Å². The topological polar surface area (TPSA) is 51.6 Å². The van der Waals surface area contributed by atoms with Gasteiger partial charge in [-0.05, 0) is 42.8 Å². The number of benzene rings is 2. The Balaban J connectivity index is 1.85. The number of anilines is 1. The van der Waals surface area contributed by atoms with Crippen LogP contribution in [0.2, 0.25) is 0 Å². The van der Waals surface area contributed by atoms with E-state index in [1.165, 1.54) is 17.5 Å². The Morgan fingerprint density at radius 3 is 2.90 bits per heavy atom. The van der Waals surface area contributed by atoms with Gasteiger partial charge in [-0.15, -0.1) is 0 Å². The molecular weight excluding hydrogens is 265 g/mol. The number of halogens is 1. The zero-order chi connectivity index (χ0) is 14.8. The quantitative estimate of drug-likeness (QED) is 0.758. The average molecular weight is 279 g/mol. The molecule has 0 unspecified atom stereocenters. The van der Waals surface area contributed by atoms with Crippen LogP contribution in [-0.4, -0.2) is 4.98 Å². The second-order valence-corrected chi connectivity index (χ2v) is 4.99. The lowest BCUT2D eigenvalue weighted by molar-refractivity contribution is 0.624. The fraction of sp³-hybridized carbons (Fsp3) is 0.118. The summed E-state index contributed by atoms with van der Waals surface area (Å²) >= 11 is 0. The minimum atomic E-state index is -0.494. The summed E-state index contributed by atoms with van der Waals surface area (Å²) in [6, 6.07) is 14.5. The maximum Gasteiger partial charge on any atom is 0.141 e. The number of nitrogens with one attached hydrogen (secondary N) is 2. The molecule has 3 nitrogen and oxygen atoms in total. The molecule has 104 valence electrons. The third kappa shape index (κ3) is 2.59. The van der Waals surface area contributed by atoms with Crippen molar-refractivity contribution in [2.75, 3.05) is 5.32 Å². The first kappa shape index (κ1) is 13.2. The predicted octanol–water partition coefficient (Wildman–Crippen LogP) is 4.10. The molecule has 0 radical (unpaired) electrons. The van der Waals surface area contributed by atoms with Crippen molar-refractivity contribution in [2.45, 2.75) is 13.5 Å². The molecule has 0 spiro atoms. The van der Waals surface area contributed by atoms with Crippen molar-refractivity contribution < 1.29 is 4.39 Å². The highest BCUT2D eigenvalue weighted by Crippen LogP contribution is 2.21. The summed E-state index contributed by atoms with van der Waals surface area (Å²) in [6.07, 6.45) is 0. The molecule has 0 amide bonds. The first-order valence-corrected chi connectivity index (χ1v) is 6.68. The smallest absolute Gasteiger partial charge is 0.141 e. The molecule has 0 bridgehead atoms. The predicted molar refractivity (Wildman–Crippen MR) is 81.5 cm³/mol. The fourth-order valence-electron chi connectivity index (χ4n) is 2.43. The van der Waals surface area contributed by atoms with Crippen LogP contribution < -0.4 is 5.32 Å². The highest BCUT2D eigenvalue weighted by molar-refractivity contribution is 5.84. The molecule has 0 fully saturated rings. The molecule has 1 heterocycles.